The first-order chi connectivity index (χ1) is 5.22. The highest BCUT2D eigenvalue weighted by atomic mass is 16.4. The first-order valence-electron chi connectivity index (χ1n) is 2.90. The number of hydrogen-bond donors (Lipinski definition) is 3. The van der Waals surface area contributed by atoms with Crippen LogP contribution in [0.5, 0.6) is 0 Å². The fraction of sp³-hybridized carbons (Fsp3) is 0.167. The smallest absolute Gasteiger partial charge is 0.352 e. The van der Waals surface area contributed by atoms with E-state index in [0.717, 1.165) is 0 Å². The van der Waals surface area contributed by atoms with Gasteiger partial charge in [0, 0.05) is 13.2 Å². The lowest BCUT2D eigenvalue weighted by Gasteiger charge is -1.93. The van der Waals surface area contributed by atoms with Gasteiger partial charge < -0.3 is 9.67 Å². The summed E-state index contributed by atoms with van der Waals surface area (Å²) in [6.45, 7) is 0. The van der Waals surface area contributed by atoms with Crippen LogP contribution in [-0.2, 0) is 7.05 Å². The molecule has 0 atom stereocenters. The van der Waals surface area contributed by atoms with Gasteiger partial charge in [0.25, 0.3) is 0 Å². The third-order valence-corrected chi connectivity index (χ3v) is 1.16. The van der Waals surface area contributed by atoms with E-state index >= 15 is 0 Å². The summed E-state index contributed by atoms with van der Waals surface area (Å²) in [4.78, 5) is 10.3. The molecule has 0 radical (unpaired) electrons. The molecule has 62 valence electrons. The van der Waals surface area contributed by atoms with Crippen molar-refractivity contribution in [2.24, 2.45) is 18.7 Å². The lowest BCUT2D eigenvalue weighted by molar-refractivity contribution is 0.0686. The van der Waals surface area contributed by atoms with Crippen molar-refractivity contribution >= 4 is 5.97 Å². The molecule has 5 nitrogen and oxygen atoms in total. The first kappa shape index (κ1) is 9.67. The van der Waals surface area contributed by atoms with E-state index in [0.29, 0.717) is 5.69 Å². The Kier molecular flexibility index (Phi) is 3.94. The standard InChI is InChI=1S/C6H7NO2.H4N2/c1-7-4-2-3-5(7)6(8)9;1-2/h2-4H,1H3,(H,8,9);1-2H2. The predicted octanol–water partition coefficient (Wildman–Crippen LogP) is -0.458. The van der Waals surface area contributed by atoms with Crippen LogP contribution in [0.4, 0.5) is 0 Å². The maximum absolute atomic E-state index is 10.3. The van der Waals surface area contributed by atoms with E-state index in [1.165, 1.54) is 0 Å². The van der Waals surface area contributed by atoms with Crippen molar-refractivity contribution in [3.05, 3.63) is 24.0 Å². The van der Waals surface area contributed by atoms with Crippen molar-refractivity contribution in [2.75, 3.05) is 0 Å². The zero-order valence-electron chi connectivity index (χ0n) is 6.19. The van der Waals surface area contributed by atoms with Crippen LogP contribution in [0.25, 0.3) is 0 Å². The van der Waals surface area contributed by atoms with Crippen molar-refractivity contribution in [1.82, 2.24) is 4.57 Å². The lowest BCUT2D eigenvalue weighted by atomic mass is 10.4. The molecule has 0 aromatic carbocycles. The van der Waals surface area contributed by atoms with Crippen LogP contribution < -0.4 is 11.7 Å². The normalized spacial score (nSPS) is 8.27. The average Bonchev–Trinajstić information content (AvgIpc) is 2.39. The van der Waals surface area contributed by atoms with Crippen molar-refractivity contribution in [2.45, 2.75) is 0 Å². The Morgan fingerprint density at radius 2 is 2.18 bits per heavy atom. The predicted molar refractivity (Wildman–Crippen MR) is 40.7 cm³/mol. The summed E-state index contributed by atoms with van der Waals surface area (Å²) in [6.07, 6.45) is 1.70. The van der Waals surface area contributed by atoms with Gasteiger partial charge in [-0.1, -0.05) is 0 Å². The summed E-state index contributed by atoms with van der Waals surface area (Å²) in [7, 11) is 1.70. The number of carbonyl (C=O) groups is 1. The molecule has 0 aliphatic carbocycles. The van der Waals surface area contributed by atoms with E-state index in [4.69, 9.17) is 5.11 Å². The molecule has 0 saturated carbocycles. The third-order valence-electron chi connectivity index (χ3n) is 1.16. The molecule has 0 saturated heterocycles. The Labute approximate surface area is 64.2 Å². The summed E-state index contributed by atoms with van der Waals surface area (Å²) in [6, 6.07) is 3.26. The molecule has 0 aliphatic heterocycles. The average molecular weight is 157 g/mol. The van der Waals surface area contributed by atoms with Crippen LogP contribution in [0.1, 0.15) is 10.5 Å². The van der Waals surface area contributed by atoms with Crippen LogP contribution >= 0.6 is 0 Å². The summed E-state index contributed by atoms with van der Waals surface area (Å²) in [5.74, 6) is 7.11. The topological polar surface area (TPSA) is 94.3 Å². The van der Waals surface area contributed by atoms with Gasteiger partial charge in [0.05, 0.1) is 0 Å². The van der Waals surface area contributed by atoms with Crippen LogP contribution in [-0.4, -0.2) is 15.6 Å². The zero-order chi connectivity index (χ0) is 8.85. The molecule has 5 heteroatoms. The SMILES string of the molecule is Cn1cccc1C(=O)O.NN. The number of carboxylic acids is 1. The zero-order valence-corrected chi connectivity index (χ0v) is 6.19. The van der Waals surface area contributed by atoms with Gasteiger partial charge in [-0.05, 0) is 12.1 Å². The van der Waals surface area contributed by atoms with Crippen LogP contribution in [0.2, 0.25) is 0 Å². The van der Waals surface area contributed by atoms with E-state index in [1.807, 2.05) is 0 Å². The number of hydrogen-bond acceptors (Lipinski definition) is 3. The van der Waals surface area contributed by atoms with Crippen LogP contribution in [0, 0.1) is 0 Å². The van der Waals surface area contributed by atoms with Gasteiger partial charge >= 0.3 is 5.97 Å². The summed E-state index contributed by atoms with van der Waals surface area (Å²) < 4.78 is 1.56. The molecule has 0 unspecified atom stereocenters. The highest BCUT2D eigenvalue weighted by Gasteiger charge is 2.03. The molecular weight excluding hydrogens is 146 g/mol. The Morgan fingerprint density at radius 3 is 2.36 bits per heavy atom. The second kappa shape index (κ2) is 4.48. The first-order valence-corrected chi connectivity index (χ1v) is 2.90. The summed E-state index contributed by atoms with van der Waals surface area (Å²) in [5, 5.41) is 8.43. The van der Waals surface area contributed by atoms with Gasteiger partial charge in [0.1, 0.15) is 5.69 Å². The Balaban J connectivity index is 0.000000461. The van der Waals surface area contributed by atoms with Gasteiger partial charge in [-0.2, -0.15) is 0 Å². The van der Waals surface area contributed by atoms with Gasteiger partial charge in [-0.3, -0.25) is 11.7 Å². The quantitative estimate of drug-likeness (QED) is 0.380. The maximum Gasteiger partial charge on any atom is 0.352 e. The molecule has 0 spiro atoms. The fourth-order valence-electron chi connectivity index (χ4n) is 0.683. The number of rotatable bonds is 1. The third kappa shape index (κ3) is 2.40. The minimum Gasteiger partial charge on any atom is -0.477 e. The molecule has 11 heavy (non-hydrogen) atoms. The number of nitrogens with zero attached hydrogens (tertiary/aromatic N) is 1. The summed E-state index contributed by atoms with van der Waals surface area (Å²) >= 11 is 0. The van der Waals surface area contributed by atoms with E-state index < -0.39 is 5.97 Å². The minimum absolute atomic E-state index is 0.315. The molecule has 1 aromatic heterocycles. The molecule has 0 fully saturated rings. The van der Waals surface area contributed by atoms with Crippen molar-refractivity contribution < 1.29 is 9.90 Å². The molecule has 0 amide bonds. The van der Waals surface area contributed by atoms with E-state index in [-0.39, 0.29) is 0 Å². The number of carboxylic acid groups (broad SMARTS) is 1. The number of nitrogens with two attached hydrogens (primary N) is 2. The van der Waals surface area contributed by atoms with Crippen molar-refractivity contribution in [3.8, 4) is 0 Å². The van der Waals surface area contributed by atoms with Gasteiger partial charge in [0.15, 0.2) is 0 Å². The highest BCUT2D eigenvalue weighted by Crippen LogP contribution is 1.97. The van der Waals surface area contributed by atoms with Crippen molar-refractivity contribution in [1.29, 1.82) is 0 Å². The Morgan fingerprint density at radius 1 is 1.64 bits per heavy atom. The van der Waals surface area contributed by atoms with Gasteiger partial charge in [0.2, 0.25) is 0 Å². The van der Waals surface area contributed by atoms with E-state index in [1.54, 1.807) is 29.9 Å². The fourth-order valence-corrected chi connectivity index (χ4v) is 0.683. The molecule has 1 heterocycles. The molecule has 0 bridgehead atoms. The highest BCUT2D eigenvalue weighted by molar-refractivity contribution is 5.85. The second-order valence-corrected chi connectivity index (χ2v) is 1.81. The molecule has 1 aromatic rings. The number of aromatic carboxylic acids is 1. The number of aromatic nitrogens is 1. The molecule has 5 N–H and O–H groups in total. The van der Waals surface area contributed by atoms with Crippen molar-refractivity contribution in [3.63, 3.8) is 0 Å². The minimum atomic E-state index is -0.887. The molecule has 1 rings (SSSR count). The number of aryl methyl sites for hydroxylation is 1. The van der Waals surface area contributed by atoms with Crippen LogP contribution in [0.3, 0.4) is 0 Å². The second-order valence-electron chi connectivity index (χ2n) is 1.81. The maximum atomic E-state index is 10.3. The Hall–Kier alpha value is -1.33. The number of hydrazine groups is 1. The van der Waals surface area contributed by atoms with Gasteiger partial charge in [-0.25, -0.2) is 4.79 Å². The largest absolute Gasteiger partial charge is 0.477 e. The lowest BCUT2D eigenvalue weighted by Crippen LogP contribution is -2.02. The molecular formula is C6H11N3O2. The Bertz CT molecular complexity index is 231. The summed E-state index contributed by atoms with van der Waals surface area (Å²) in [5.41, 5.74) is 0.315. The monoisotopic (exact) mass is 157 g/mol. The van der Waals surface area contributed by atoms with Gasteiger partial charge in [-0.15, -0.1) is 0 Å². The van der Waals surface area contributed by atoms with E-state index in [9.17, 15) is 4.79 Å². The van der Waals surface area contributed by atoms with Crippen LogP contribution in [0.15, 0.2) is 18.3 Å². The van der Waals surface area contributed by atoms with E-state index in [2.05, 4.69) is 11.7 Å². The molecule has 0 aliphatic rings.